The Hall–Kier alpha value is -0.620. The second kappa shape index (κ2) is 4.75. The van der Waals surface area contributed by atoms with E-state index >= 15 is 0 Å². The second-order valence-corrected chi connectivity index (χ2v) is 4.56. The van der Waals surface area contributed by atoms with Gasteiger partial charge >= 0.3 is 0 Å². The van der Waals surface area contributed by atoms with Crippen molar-refractivity contribution < 1.29 is 13.3 Å². The van der Waals surface area contributed by atoms with E-state index in [2.05, 4.69) is 4.84 Å². The van der Waals surface area contributed by atoms with Crippen molar-refractivity contribution in [3.63, 3.8) is 0 Å². The highest BCUT2D eigenvalue weighted by Gasteiger charge is 2.12. The standard InChI is InChI=1S/C8H10ClNO3S/c1-2-13-10-14(11,12)8-5-3-7(9)4-6-8/h3-6,10H,2H2,1H3. The Bertz CT molecular complexity index is 388. The molecular formula is C8H10ClNO3S. The van der Waals surface area contributed by atoms with Gasteiger partial charge in [-0.15, -0.1) is 0 Å². The molecule has 0 aliphatic rings. The molecule has 0 saturated carbocycles. The quantitative estimate of drug-likeness (QED) is 0.806. The topological polar surface area (TPSA) is 55.4 Å². The fraction of sp³-hybridized carbons (Fsp3) is 0.250. The first-order valence-corrected chi connectivity index (χ1v) is 5.81. The molecule has 0 bridgehead atoms. The summed E-state index contributed by atoms with van der Waals surface area (Å²) in [5.74, 6) is 0. The van der Waals surface area contributed by atoms with Crippen LogP contribution in [0.2, 0.25) is 5.02 Å². The number of rotatable bonds is 4. The molecule has 0 atom stereocenters. The highest BCUT2D eigenvalue weighted by molar-refractivity contribution is 7.89. The normalized spacial score (nSPS) is 11.6. The van der Waals surface area contributed by atoms with Crippen LogP contribution in [-0.2, 0) is 14.9 Å². The lowest BCUT2D eigenvalue weighted by Crippen LogP contribution is -2.23. The van der Waals surface area contributed by atoms with Crippen molar-refractivity contribution in [3.05, 3.63) is 29.3 Å². The van der Waals surface area contributed by atoms with Gasteiger partial charge in [0, 0.05) is 5.02 Å². The zero-order valence-electron chi connectivity index (χ0n) is 7.53. The van der Waals surface area contributed by atoms with Gasteiger partial charge in [0.25, 0.3) is 10.0 Å². The van der Waals surface area contributed by atoms with Crippen LogP contribution in [0.5, 0.6) is 0 Å². The van der Waals surface area contributed by atoms with Crippen LogP contribution in [0.25, 0.3) is 0 Å². The first-order chi connectivity index (χ1) is 6.56. The van der Waals surface area contributed by atoms with Crippen LogP contribution >= 0.6 is 11.6 Å². The fourth-order valence-corrected chi connectivity index (χ4v) is 1.79. The number of hydrogen-bond donors (Lipinski definition) is 1. The monoisotopic (exact) mass is 235 g/mol. The summed E-state index contributed by atoms with van der Waals surface area (Å²) in [7, 11) is -3.57. The van der Waals surface area contributed by atoms with Crippen molar-refractivity contribution in [1.29, 1.82) is 0 Å². The molecule has 4 nitrogen and oxygen atoms in total. The van der Waals surface area contributed by atoms with Gasteiger partial charge in [-0.3, -0.25) is 4.84 Å². The first-order valence-electron chi connectivity index (χ1n) is 3.95. The zero-order valence-corrected chi connectivity index (χ0v) is 9.10. The largest absolute Gasteiger partial charge is 0.287 e. The summed E-state index contributed by atoms with van der Waals surface area (Å²) < 4.78 is 22.8. The number of halogens is 1. The van der Waals surface area contributed by atoms with Crippen LogP contribution < -0.4 is 4.89 Å². The molecule has 0 unspecified atom stereocenters. The van der Waals surface area contributed by atoms with Crippen LogP contribution in [0.4, 0.5) is 0 Å². The van der Waals surface area contributed by atoms with Crippen molar-refractivity contribution in [2.75, 3.05) is 6.61 Å². The van der Waals surface area contributed by atoms with Crippen molar-refractivity contribution in [3.8, 4) is 0 Å². The maximum Gasteiger partial charge on any atom is 0.262 e. The van der Waals surface area contributed by atoms with E-state index in [0.717, 1.165) is 0 Å². The first kappa shape index (κ1) is 11.5. The maximum atomic E-state index is 11.4. The highest BCUT2D eigenvalue weighted by atomic mass is 35.5. The summed E-state index contributed by atoms with van der Waals surface area (Å²) in [4.78, 5) is 6.71. The highest BCUT2D eigenvalue weighted by Crippen LogP contribution is 2.13. The average Bonchev–Trinajstić information content (AvgIpc) is 2.16. The van der Waals surface area contributed by atoms with Crippen LogP contribution in [0.3, 0.4) is 0 Å². The molecule has 6 heteroatoms. The van der Waals surface area contributed by atoms with E-state index < -0.39 is 10.0 Å². The lowest BCUT2D eigenvalue weighted by Gasteiger charge is -2.04. The van der Waals surface area contributed by atoms with Crippen LogP contribution in [-0.4, -0.2) is 15.0 Å². The van der Waals surface area contributed by atoms with Gasteiger partial charge in [-0.05, 0) is 31.2 Å². The molecule has 1 aromatic carbocycles. The van der Waals surface area contributed by atoms with E-state index in [1.807, 2.05) is 4.89 Å². The third kappa shape index (κ3) is 2.95. The molecule has 0 spiro atoms. The Balaban J connectivity index is 2.87. The lowest BCUT2D eigenvalue weighted by molar-refractivity contribution is 0.105. The van der Waals surface area contributed by atoms with E-state index in [9.17, 15) is 8.42 Å². The smallest absolute Gasteiger partial charge is 0.262 e. The average molecular weight is 236 g/mol. The molecule has 0 saturated heterocycles. The maximum absolute atomic E-state index is 11.4. The van der Waals surface area contributed by atoms with Crippen molar-refractivity contribution in [2.24, 2.45) is 0 Å². The minimum atomic E-state index is -3.57. The molecule has 0 fully saturated rings. The Morgan fingerprint density at radius 3 is 2.43 bits per heavy atom. The van der Waals surface area contributed by atoms with Gasteiger partial charge in [-0.25, -0.2) is 8.42 Å². The number of sulfonamides is 1. The van der Waals surface area contributed by atoms with Gasteiger partial charge in [0.15, 0.2) is 0 Å². The minimum absolute atomic E-state index is 0.121. The van der Waals surface area contributed by atoms with Gasteiger partial charge in [-0.1, -0.05) is 16.5 Å². The summed E-state index contributed by atoms with van der Waals surface area (Å²) in [6.45, 7) is 1.96. The van der Waals surface area contributed by atoms with E-state index in [1.165, 1.54) is 24.3 Å². The van der Waals surface area contributed by atoms with Crippen LogP contribution in [0.15, 0.2) is 29.2 Å². The molecule has 0 aromatic heterocycles. The summed E-state index contributed by atoms with van der Waals surface area (Å²) >= 11 is 5.62. The Morgan fingerprint density at radius 1 is 1.36 bits per heavy atom. The summed E-state index contributed by atoms with van der Waals surface area (Å²) in [6.07, 6.45) is 0. The van der Waals surface area contributed by atoms with E-state index in [4.69, 9.17) is 11.6 Å². The van der Waals surface area contributed by atoms with E-state index in [1.54, 1.807) is 6.92 Å². The van der Waals surface area contributed by atoms with Gasteiger partial charge in [-0.2, -0.15) is 0 Å². The minimum Gasteiger partial charge on any atom is -0.287 e. The summed E-state index contributed by atoms with van der Waals surface area (Å²) in [5.41, 5.74) is 0. The molecule has 0 aliphatic carbocycles. The van der Waals surface area contributed by atoms with Crippen molar-refractivity contribution >= 4 is 21.6 Å². The molecule has 0 aliphatic heterocycles. The summed E-state index contributed by atoms with van der Waals surface area (Å²) in [5, 5.41) is 0.486. The van der Waals surface area contributed by atoms with Gasteiger partial charge in [0.05, 0.1) is 11.5 Å². The molecule has 14 heavy (non-hydrogen) atoms. The zero-order chi connectivity index (χ0) is 10.6. The Kier molecular flexibility index (Phi) is 3.88. The number of nitrogens with one attached hydrogen (secondary N) is 1. The predicted octanol–water partition coefficient (Wildman–Crippen LogP) is 1.57. The predicted molar refractivity (Wildman–Crippen MR) is 53.4 cm³/mol. The van der Waals surface area contributed by atoms with Crippen LogP contribution in [0, 0.1) is 0 Å². The molecule has 1 aromatic rings. The number of benzene rings is 1. The van der Waals surface area contributed by atoms with E-state index in [0.29, 0.717) is 5.02 Å². The van der Waals surface area contributed by atoms with Crippen molar-refractivity contribution in [1.82, 2.24) is 4.89 Å². The number of hydrogen-bond acceptors (Lipinski definition) is 3. The molecular weight excluding hydrogens is 226 g/mol. The Labute approximate surface area is 87.8 Å². The molecule has 0 heterocycles. The fourth-order valence-electron chi connectivity index (χ4n) is 0.798. The molecule has 78 valence electrons. The third-order valence-corrected chi connectivity index (χ3v) is 2.92. The molecule has 0 amide bonds. The molecule has 0 radical (unpaired) electrons. The van der Waals surface area contributed by atoms with Crippen LogP contribution in [0.1, 0.15) is 6.92 Å². The van der Waals surface area contributed by atoms with E-state index in [-0.39, 0.29) is 11.5 Å². The molecule has 1 N–H and O–H groups in total. The van der Waals surface area contributed by atoms with Crippen molar-refractivity contribution in [2.45, 2.75) is 11.8 Å². The molecule has 1 rings (SSSR count). The van der Waals surface area contributed by atoms with Gasteiger partial charge in [0.2, 0.25) is 0 Å². The lowest BCUT2D eigenvalue weighted by atomic mass is 10.4. The Morgan fingerprint density at radius 2 is 1.93 bits per heavy atom. The summed E-state index contributed by atoms with van der Waals surface area (Å²) in [6, 6.07) is 5.82. The SMILES string of the molecule is CCONS(=O)(=O)c1ccc(Cl)cc1. The van der Waals surface area contributed by atoms with Gasteiger partial charge in [0.1, 0.15) is 0 Å². The third-order valence-electron chi connectivity index (χ3n) is 1.44. The second-order valence-electron chi connectivity index (χ2n) is 2.47. The van der Waals surface area contributed by atoms with Gasteiger partial charge < -0.3 is 0 Å².